The van der Waals surface area contributed by atoms with Crippen LogP contribution in [0.3, 0.4) is 0 Å². The highest BCUT2D eigenvalue weighted by Gasteiger charge is 2.09. The highest BCUT2D eigenvalue weighted by Crippen LogP contribution is 2.23. The summed E-state index contributed by atoms with van der Waals surface area (Å²) in [4.78, 5) is 0. The second kappa shape index (κ2) is 7.79. The molecule has 1 atom stereocenters. The van der Waals surface area contributed by atoms with Gasteiger partial charge < -0.3 is 10.7 Å². The number of benzene rings is 2. The molecule has 0 aliphatic rings. The van der Waals surface area contributed by atoms with Crippen molar-refractivity contribution in [2.45, 2.75) is 46.1 Å². The lowest BCUT2D eigenvalue weighted by molar-refractivity contribution is 0.748. The molecule has 0 fully saturated rings. The molecule has 0 radical (unpaired) electrons. The molecule has 0 aliphatic heterocycles. The number of anilines is 1. The first-order valence-corrected chi connectivity index (χ1v) is 8.04. The van der Waals surface area contributed by atoms with Crippen molar-refractivity contribution in [3.8, 4) is 0 Å². The Balaban J connectivity index is 2.03. The van der Waals surface area contributed by atoms with Crippen LogP contribution in [0.4, 0.5) is 5.69 Å². The van der Waals surface area contributed by atoms with Gasteiger partial charge in [0.1, 0.15) is 0 Å². The minimum Gasteiger partial charge on any atom is -0.378 e. The number of hydrogen-bond acceptors (Lipinski definition) is 2. The van der Waals surface area contributed by atoms with Crippen LogP contribution in [0.1, 0.15) is 49.4 Å². The van der Waals surface area contributed by atoms with Crippen LogP contribution < -0.4 is 5.32 Å². The van der Waals surface area contributed by atoms with Crippen molar-refractivity contribution in [1.29, 1.82) is 5.41 Å². The molecule has 0 bridgehead atoms. The Bertz CT molecular complexity index is 597. The molecule has 0 saturated carbocycles. The number of nitrogens with one attached hydrogen (secondary N) is 2. The van der Waals surface area contributed by atoms with E-state index in [0.29, 0.717) is 6.04 Å². The zero-order valence-electron chi connectivity index (χ0n) is 13.8. The average Bonchev–Trinajstić information content (AvgIpc) is 2.53. The van der Waals surface area contributed by atoms with Gasteiger partial charge in [-0.05, 0) is 56.4 Å². The van der Waals surface area contributed by atoms with E-state index >= 15 is 0 Å². The van der Waals surface area contributed by atoms with Gasteiger partial charge in [0.2, 0.25) is 0 Å². The third kappa shape index (κ3) is 4.73. The van der Waals surface area contributed by atoms with Crippen LogP contribution in [0.25, 0.3) is 0 Å². The molecule has 1 unspecified atom stereocenters. The monoisotopic (exact) mass is 294 g/mol. The van der Waals surface area contributed by atoms with E-state index in [0.717, 1.165) is 25.0 Å². The fourth-order valence-corrected chi connectivity index (χ4v) is 2.52. The molecule has 0 heterocycles. The number of aryl methyl sites for hydroxylation is 2. The lowest BCUT2D eigenvalue weighted by atomic mass is 10.00. The van der Waals surface area contributed by atoms with E-state index in [-0.39, 0.29) is 0 Å². The Labute approximate surface area is 134 Å². The van der Waals surface area contributed by atoms with Crippen molar-refractivity contribution < 1.29 is 0 Å². The van der Waals surface area contributed by atoms with Crippen LogP contribution in [-0.2, 0) is 6.42 Å². The van der Waals surface area contributed by atoms with Crippen LogP contribution >= 0.6 is 0 Å². The lowest BCUT2D eigenvalue weighted by Gasteiger charge is -2.19. The SMILES string of the molecule is CCC(Nc1ccc(C)cc1)c1ccc(CCC(C)=N)cc1. The van der Waals surface area contributed by atoms with E-state index < -0.39 is 0 Å². The standard InChI is InChI=1S/C20H26N2/c1-4-20(22-19-13-5-15(2)6-14-19)18-11-9-17(10-12-18)8-7-16(3)21/h5-6,9-14,20-22H,4,7-8H2,1-3H3. The molecule has 116 valence electrons. The van der Waals surface area contributed by atoms with Crippen LogP contribution in [0.2, 0.25) is 0 Å². The van der Waals surface area contributed by atoms with Gasteiger partial charge in [0.05, 0.1) is 6.04 Å². The van der Waals surface area contributed by atoms with Gasteiger partial charge in [-0.1, -0.05) is 48.9 Å². The van der Waals surface area contributed by atoms with E-state index in [9.17, 15) is 0 Å². The van der Waals surface area contributed by atoms with Crippen LogP contribution in [0.15, 0.2) is 48.5 Å². The second-order valence-corrected chi connectivity index (χ2v) is 5.99. The largest absolute Gasteiger partial charge is 0.378 e. The molecule has 0 aliphatic carbocycles. The fourth-order valence-electron chi connectivity index (χ4n) is 2.52. The minimum absolute atomic E-state index is 0.334. The van der Waals surface area contributed by atoms with Gasteiger partial charge in [-0.3, -0.25) is 0 Å². The van der Waals surface area contributed by atoms with Gasteiger partial charge in [-0.15, -0.1) is 0 Å². The lowest BCUT2D eigenvalue weighted by Crippen LogP contribution is -2.09. The molecule has 0 amide bonds. The summed E-state index contributed by atoms with van der Waals surface area (Å²) < 4.78 is 0. The molecular formula is C20H26N2. The Hall–Kier alpha value is -2.09. The average molecular weight is 294 g/mol. The number of rotatable bonds is 7. The first kappa shape index (κ1) is 16.3. The van der Waals surface area contributed by atoms with Crippen LogP contribution in [0, 0.1) is 12.3 Å². The summed E-state index contributed by atoms with van der Waals surface area (Å²) in [6.45, 7) is 6.18. The molecule has 0 aromatic heterocycles. The highest BCUT2D eigenvalue weighted by atomic mass is 14.9. The van der Waals surface area contributed by atoms with Gasteiger partial charge in [0.25, 0.3) is 0 Å². The number of hydrogen-bond donors (Lipinski definition) is 2. The van der Waals surface area contributed by atoms with Crippen molar-refractivity contribution in [2.24, 2.45) is 0 Å². The van der Waals surface area contributed by atoms with Crippen LogP contribution in [0.5, 0.6) is 0 Å². The summed E-state index contributed by atoms with van der Waals surface area (Å²) in [6, 6.07) is 17.7. The third-order valence-corrected chi connectivity index (χ3v) is 3.97. The Morgan fingerprint density at radius 2 is 1.68 bits per heavy atom. The summed E-state index contributed by atoms with van der Waals surface area (Å²) in [5, 5.41) is 11.1. The molecule has 2 heteroatoms. The maximum absolute atomic E-state index is 7.51. The van der Waals surface area contributed by atoms with E-state index in [1.807, 2.05) is 6.92 Å². The van der Waals surface area contributed by atoms with Gasteiger partial charge in [0.15, 0.2) is 0 Å². The molecule has 2 aromatic rings. The Morgan fingerprint density at radius 3 is 2.23 bits per heavy atom. The van der Waals surface area contributed by atoms with Crippen molar-refractivity contribution in [2.75, 3.05) is 5.32 Å². The summed E-state index contributed by atoms with van der Waals surface area (Å²) in [5.41, 5.74) is 5.82. The molecule has 22 heavy (non-hydrogen) atoms. The van der Waals surface area contributed by atoms with E-state index in [1.165, 1.54) is 22.4 Å². The molecule has 0 saturated heterocycles. The van der Waals surface area contributed by atoms with E-state index in [1.54, 1.807) is 0 Å². The predicted molar refractivity (Wildman–Crippen MR) is 96.0 cm³/mol. The third-order valence-electron chi connectivity index (χ3n) is 3.97. The van der Waals surface area contributed by atoms with Gasteiger partial charge in [0, 0.05) is 11.4 Å². The Kier molecular flexibility index (Phi) is 5.76. The zero-order chi connectivity index (χ0) is 15.9. The topological polar surface area (TPSA) is 35.9 Å². The molecule has 2 nitrogen and oxygen atoms in total. The minimum atomic E-state index is 0.334. The maximum Gasteiger partial charge on any atom is 0.0511 e. The van der Waals surface area contributed by atoms with E-state index in [4.69, 9.17) is 5.41 Å². The normalized spacial score (nSPS) is 12.0. The molecule has 2 N–H and O–H groups in total. The first-order valence-electron chi connectivity index (χ1n) is 8.04. The van der Waals surface area contributed by atoms with Gasteiger partial charge in [-0.2, -0.15) is 0 Å². The van der Waals surface area contributed by atoms with Crippen molar-refractivity contribution in [1.82, 2.24) is 0 Å². The van der Waals surface area contributed by atoms with Gasteiger partial charge >= 0.3 is 0 Å². The zero-order valence-corrected chi connectivity index (χ0v) is 13.8. The highest BCUT2D eigenvalue weighted by molar-refractivity contribution is 5.78. The fraction of sp³-hybridized carbons (Fsp3) is 0.350. The predicted octanol–water partition coefficient (Wildman–Crippen LogP) is 5.53. The molecule has 0 spiro atoms. The van der Waals surface area contributed by atoms with Crippen molar-refractivity contribution in [3.63, 3.8) is 0 Å². The van der Waals surface area contributed by atoms with Crippen molar-refractivity contribution >= 4 is 11.4 Å². The van der Waals surface area contributed by atoms with Crippen molar-refractivity contribution in [3.05, 3.63) is 65.2 Å². The molecule has 2 aromatic carbocycles. The van der Waals surface area contributed by atoms with E-state index in [2.05, 4.69) is 67.7 Å². The quantitative estimate of drug-likeness (QED) is 0.647. The Morgan fingerprint density at radius 1 is 1.05 bits per heavy atom. The van der Waals surface area contributed by atoms with Crippen LogP contribution in [-0.4, -0.2) is 5.71 Å². The first-order chi connectivity index (χ1) is 10.6. The van der Waals surface area contributed by atoms with Gasteiger partial charge in [-0.25, -0.2) is 0 Å². The summed E-state index contributed by atoms with van der Waals surface area (Å²) in [6.07, 6.45) is 2.85. The smallest absolute Gasteiger partial charge is 0.0511 e. The summed E-state index contributed by atoms with van der Waals surface area (Å²) in [7, 11) is 0. The molecule has 2 rings (SSSR count). The molecular weight excluding hydrogens is 268 g/mol. The summed E-state index contributed by atoms with van der Waals surface area (Å²) >= 11 is 0. The second-order valence-electron chi connectivity index (χ2n) is 5.99. The maximum atomic E-state index is 7.51. The summed E-state index contributed by atoms with van der Waals surface area (Å²) in [5.74, 6) is 0.